The van der Waals surface area contributed by atoms with Crippen LogP contribution in [0.5, 0.6) is 0 Å². The van der Waals surface area contributed by atoms with Crippen LogP contribution in [0.1, 0.15) is 37.7 Å². The monoisotopic (exact) mass is 327 g/mol. The molecule has 0 aromatic heterocycles. The van der Waals surface area contributed by atoms with E-state index in [1.807, 2.05) is 0 Å². The normalized spacial score (nSPS) is 22.3. The molecule has 4 nitrogen and oxygen atoms in total. The number of aryl methyl sites for hydroxylation is 1. The van der Waals surface area contributed by atoms with Gasteiger partial charge in [-0.15, -0.1) is 0 Å². The van der Waals surface area contributed by atoms with E-state index in [0.29, 0.717) is 19.3 Å². The molecule has 0 radical (unpaired) electrons. The van der Waals surface area contributed by atoms with Gasteiger partial charge in [0, 0.05) is 18.7 Å². The summed E-state index contributed by atoms with van der Waals surface area (Å²) in [4.78, 5) is 12.0. The van der Waals surface area contributed by atoms with Crippen molar-refractivity contribution in [2.24, 2.45) is 0 Å². The van der Waals surface area contributed by atoms with Crippen LogP contribution in [0.15, 0.2) is 24.3 Å². The summed E-state index contributed by atoms with van der Waals surface area (Å²) in [7, 11) is -3.05. The van der Waals surface area contributed by atoms with Gasteiger partial charge in [0.1, 0.15) is 15.7 Å². The topological polar surface area (TPSA) is 63.2 Å². The third-order valence-corrected chi connectivity index (χ3v) is 5.77. The van der Waals surface area contributed by atoms with Crippen molar-refractivity contribution in [1.82, 2.24) is 5.32 Å². The fraction of sp³-hybridized carbons (Fsp3) is 0.562. The zero-order valence-electron chi connectivity index (χ0n) is 12.7. The highest BCUT2D eigenvalue weighted by Crippen LogP contribution is 2.24. The summed E-state index contributed by atoms with van der Waals surface area (Å²) in [6.45, 7) is 0. The Hall–Kier alpha value is -1.43. The first-order chi connectivity index (χ1) is 10.3. The number of carbonyl (C=O) groups is 1. The number of rotatable bonds is 5. The lowest BCUT2D eigenvalue weighted by Gasteiger charge is -2.28. The average Bonchev–Trinajstić information content (AvgIpc) is 2.45. The Balaban J connectivity index is 1.82. The van der Waals surface area contributed by atoms with E-state index in [2.05, 4.69) is 5.32 Å². The van der Waals surface area contributed by atoms with Crippen LogP contribution < -0.4 is 5.32 Å². The van der Waals surface area contributed by atoms with Gasteiger partial charge in [-0.1, -0.05) is 18.6 Å². The van der Waals surface area contributed by atoms with Crippen molar-refractivity contribution in [1.29, 1.82) is 0 Å². The van der Waals surface area contributed by atoms with Crippen LogP contribution in [0, 0.1) is 5.82 Å². The molecule has 1 aromatic rings. The van der Waals surface area contributed by atoms with Crippen LogP contribution in [0.2, 0.25) is 0 Å². The molecule has 1 saturated carbocycles. The fourth-order valence-corrected chi connectivity index (χ4v) is 4.09. The molecule has 1 aliphatic carbocycles. The lowest BCUT2D eigenvalue weighted by molar-refractivity contribution is -0.121. The maximum atomic E-state index is 13.1. The van der Waals surface area contributed by atoms with Crippen molar-refractivity contribution in [3.63, 3.8) is 0 Å². The number of hydrogen-bond donors (Lipinski definition) is 1. The fourth-order valence-electron chi connectivity index (χ4n) is 2.92. The first kappa shape index (κ1) is 16.9. The zero-order chi connectivity index (χ0) is 16.2. The van der Waals surface area contributed by atoms with Crippen LogP contribution >= 0.6 is 0 Å². The second-order valence-corrected chi connectivity index (χ2v) is 8.34. The smallest absolute Gasteiger partial charge is 0.220 e. The van der Waals surface area contributed by atoms with Gasteiger partial charge in [-0.05, 0) is 43.4 Å². The van der Waals surface area contributed by atoms with Gasteiger partial charge in [-0.3, -0.25) is 4.79 Å². The molecule has 1 amide bonds. The van der Waals surface area contributed by atoms with E-state index >= 15 is 0 Å². The highest BCUT2D eigenvalue weighted by molar-refractivity contribution is 7.91. The summed E-state index contributed by atoms with van der Waals surface area (Å²) in [6, 6.07) is 6.13. The van der Waals surface area contributed by atoms with Crippen LogP contribution in [0.4, 0.5) is 4.39 Å². The molecule has 1 fully saturated rings. The molecule has 22 heavy (non-hydrogen) atoms. The lowest BCUT2D eigenvalue weighted by atomic mass is 9.94. The third kappa shape index (κ3) is 5.09. The van der Waals surface area contributed by atoms with Crippen LogP contribution in [-0.2, 0) is 21.1 Å². The van der Waals surface area contributed by atoms with Gasteiger partial charge < -0.3 is 5.32 Å². The van der Waals surface area contributed by atoms with E-state index in [1.54, 1.807) is 12.1 Å². The van der Waals surface area contributed by atoms with Gasteiger partial charge in [-0.2, -0.15) is 0 Å². The van der Waals surface area contributed by atoms with E-state index in [0.717, 1.165) is 18.4 Å². The molecule has 1 N–H and O–H groups in total. The molecule has 1 aliphatic rings. The van der Waals surface area contributed by atoms with Gasteiger partial charge in [-0.25, -0.2) is 12.8 Å². The number of hydrogen-bond acceptors (Lipinski definition) is 3. The van der Waals surface area contributed by atoms with Gasteiger partial charge in [0.05, 0.1) is 5.25 Å². The highest BCUT2D eigenvalue weighted by atomic mass is 32.2. The van der Waals surface area contributed by atoms with Gasteiger partial charge in [0.15, 0.2) is 0 Å². The summed E-state index contributed by atoms with van der Waals surface area (Å²) in [5.74, 6) is -0.412. The Morgan fingerprint density at radius 1 is 1.36 bits per heavy atom. The number of sulfone groups is 1. The molecule has 0 saturated heterocycles. The first-order valence-corrected chi connectivity index (χ1v) is 9.53. The van der Waals surface area contributed by atoms with E-state index in [-0.39, 0.29) is 29.4 Å². The SMILES string of the molecule is CS(=O)(=O)[C@@H]1CCC[C@H](NC(=O)CCc2cccc(F)c2)C1. The summed E-state index contributed by atoms with van der Waals surface area (Å²) >= 11 is 0. The average molecular weight is 327 g/mol. The number of benzene rings is 1. The van der Waals surface area contributed by atoms with Crippen molar-refractivity contribution in [3.05, 3.63) is 35.6 Å². The van der Waals surface area contributed by atoms with Crippen molar-refractivity contribution in [3.8, 4) is 0 Å². The van der Waals surface area contributed by atoms with Crippen molar-refractivity contribution in [2.75, 3.05) is 6.26 Å². The second-order valence-electron chi connectivity index (χ2n) is 6.01. The molecule has 0 heterocycles. The Labute approximate surface area is 131 Å². The van der Waals surface area contributed by atoms with Gasteiger partial charge >= 0.3 is 0 Å². The van der Waals surface area contributed by atoms with E-state index < -0.39 is 9.84 Å². The summed E-state index contributed by atoms with van der Waals surface area (Å²) in [6.07, 6.45) is 4.81. The maximum Gasteiger partial charge on any atom is 0.220 e. The van der Waals surface area contributed by atoms with Crippen molar-refractivity contribution in [2.45, 2.75) is 49.8 Å². The standard InChI is InChI=1S/C16H22FNO3S/c1-22(20,21)15-7-3-6-14(11-15)18-16(19)9-8-12-4-2-5-13(17)10-12/h2,4-5,10,14-15H,3,6-9,11H2,1H3,(H,18,19)/t14-,15+/m0/s1. The van der Waals surface area contributed by atoms with Gasteiger partial charge in [0.25, 0.3) is 0 Å². The molecular formula is C16H22FNO3S. The maximum absolute atomic E-state index is 13.1. The van der Waals surface area contributed by atoms with E-state index in [1.165, 1.54) is 18.4 Å². The minimum atomic E-state index is -3.05. The summed E-state index contributed by atoms with van der Waals surface area (Å²) in [5, 5.41) is 2.56. The summed E-state index contributed by atoms with van der Waals surface area (Å²) < 4.78 is 36.3. The highest BCUT2D eigenvalue weighted by Gasteiger charge is 2.29. The number of amides is 1. The molecule has 0 aliphatic heterocycles. The molecular weight excluding hydrogens is 305 g/mol. The Morgan fingerprint density at radius 3 is 2.82 bits per heavy atom. The molecule has 0 unspecified atom stereocenters. The molecule has 2 atom stereocenters. The molecule has 0 spiro atoms. The molecule has 6 heteroatoms. The minimum absolute atomic E-state index is 0.0755. The molecule has 1 aromatic carbocycles. The van der Waals surface area contributed by atoms with E-state index in [4.69, 9.17) is 0 Å². The number of carbonyl (C=O) groups excluding carboxylic acids is 1. The molecule has 122 valence electrons. The minimum Gasteiger partial charge on any atom is -0.353 e. The van der Waals surface area contributed by atoms with Gasteiger partial charge in [0.2, 0.25) is 5.91 Å². The molecule has 0 bridgehead atoms. The largest absolute Gasteiger partial charge is 0.353 e. The first-order valence-electron chi connectivity index (χ1n) is 7.57. The van der Waals surface area contributed by atoms with E-state index in [9.17, 15) is 17.6 Å². The third-order valence-electron chi connectivity index (χ3n) is 4.13. The van der Waals surface area contributed by atoms with Crippen LogP contribution in [-0.4, -0.2) is 31.9 Å². The Morgan fingerprint density at radius 2 is 2.14 bits per heavy atom. The quantitative estimate of drug-likeness (QED) is 0.902. The number of nitrogens with one attached hydrogen (secondary N) is 1. The Kier molecular flexibility index (Phi) is 5.56. The van der Waals surface area contributed by atoms with Crippen molar-refractivity contribution < 1.29 is 17.6 Å². The predicted molar refractivity (Wildman–Crippen MR) is 83.8 cm³/mol. The van der Waals surface area contributed by atoms with Crippen molar-refractivity contribution >= 4 is 15.7 Å². The predicted octanol–water partition coefficient (Wildman–Crippen LogP) is 2.23. The van der Waals surface area contributed by atoms with Crippen LogP contribution in [0.25, 0.3) is 0 Å². The Bertz CT molecular complexity index is 630. The summed E-state index contributed by atoms with van der Waals surface area (Å²) in [5.41, 5.74) is 0.785. The number of halogens is 1. The van der Waals surface area contributed by atoms with Crippen LogP contribution in [0.3, 0.4) is 0 Å². The zero-order valence-corrected chi connectivity index (χ0v) is 13.5. The lowest BCUT2D eigenvalue weighted by Crippen LogP contribution is -2.41. The second kappa shape index (κ2) is 7.22. The molecule has 2 rings (SSSR count).